The average Bonchev–Trinajstić information content (AvgIpc) is 3.07. The first-order valence-electron chi connectivity index (χ1n) is 5.57. The lowest BCUT2D eigenvalue weighted by Gasteiger charge is -2.14. The van der Waals surface area contributed by atoms with Crippen LogP contribution in [0.15, 0.2) is 23.1 Å². The number of amides is 1. The Morgan fingerprint density at radius 2 is 2.05 bits per heavy atom. The Hall–Kier alpha value is -1.64. The van der Waals surface area contributed by atoms with Crippen LogP contribution in [-0.2, 0) is 14.8 Å². The highest BCUT2D eigenvalue weighted by Crippen LogP contribution is 2.35. The number of ether oxygens (including phenoxy) is 1. The van der Waals surface area contributed by atoms with Gasteiger partial charge in [-0.3, -0.25) is 4.79 Å². The van der Waals surface area contributed by atoms with E-state index < -0.39 is 15.6 Å². The molecule has 0 bridgehead atoms. The van der Waals surface area contributed by atoms with Crippen LogP contribution in [0.4, 0.5) is 5.69 Å². The minimum Gasteiger partial charge on any atom is -0.495 e. The van der Waals surface area contributed by atoms with Crippen LogP contribution in [0.1, 0.15) is 12.8 Å². The molecule has 0 heterocycles. The molecule has 0 unspecified atom stereocenters. The van der Waals surface area contributed by atoms with E-state index in [0.717, 1.165) is 0 Å². The molecule has 7 nitrogen and oxygen atoms in total. The first kappa shape index (κ1) is 13.8. The second kappa shape index (κ2) is 4.48. The van der Waals surface area contributed by atoms with Crippen molar-refractivity contribution in [3.63, 3.8) is 0 Å². The van der Waals surface area contributed by atoms with Crippen molar-refractivity contribution >= 4 is 21.6 Å². The molecule has 0 aromatic heterocycles. The Bertz CT molecular complexity index is 623. The van der Waals surface area contributed by atoms with Gasteiger partial charge in [0.15, 0.2) is 0 Å². The monoisotopic (exact) mass is 285 g/mol. The van der Waals surface area contributed by atoms with Gasteiger partial charge in [0.25, 0.3) is 0 Å². The standard InChI is InChI=1S/C11H15N3O4S/c1-18-9-3-2-7(19(13,16)17)6-8(9)14-10(15)11(12)4-5-11/h2-3,6H,4-5,12H2,1H3,(H,14,15)(H2,13,16,17). The van der Waals surface area contributed by atoms with Crippen molar-refractivity contribution in [1.82, 2.24) is 0 Å². The molecule has 8 heteroatoms. The number of primary sulfonamides is 1. The number of sulfonamides is 1. The molecule has 0 aliphatic heterocycles. The first-order valence-corrected chi connectivity index (χ1v) is 7.12. The van der Waals surface area contributed by atoms with E-state index in [9.17, 15) is 13.2 Å². The molecule has 0 saturated heterocycles. The fourth-order valence-electron chi connectivity index (χ4n) is 1.57. The number of rotatable bonds is 4. The number of hydrogen-bond donors (Lipinski definition) is 3. The van der Waals surface area contributed by atoms with Crippen LogP contribution in [0.2, 0.25) is 0 Å². The van der Waals surface area contributed by atoms with Crippen LogP contribution in [0.3, 0.4) is 0 Å². The molecule has 0 radical (unpaired) electrons. The van der Waals surface area contributed by atoms with Gasteiger partial charge in [-0.15, -0.1) is 0 Å². The zero-order valence-electron chi connectivity index (χ0n) is 10.3. The number of hydrogen-bond acceptors (Lipinski definition) is 5. The number of nitrogens with one attached hydrogen (secondary N) is 1. The smallest absolute Gasteiger partial charge is 0.244 e. The number of methoxy groups -OCH3 is 1. The Morgan fingerprint density at radius 1 is 1.42 bits per heavy atom. The van der Waals surface area contributed by atoms with E-state index in [1.54, 1.807) is 0 Å². The molecular formula is C11H15N3O4S. The number of carbonyl (C=O) groups is 1. The second-order valence-electron chi connectivity index (χ2n) is 4.52. The average molecular weight is 285 g/mol. The maximum absolute atomic E-state index is 11.9. The molecule has 1 aliphatic carbocycles. The number of nitrogens with two attached hydrogens (primary N) is 2. The summed E-state index contributed by atoms with van der Waals surface area (Å²) in [5.41, 5.74) is 5.13. The van der Waals surface area contributed by atoms with E-state index in [0.29, 0.717) is 18.6 Å². The normalized spacial score (nSPS) is 16.8. The Kier molecular flexibility index (Phi) is 3.25. The van der Waals surface area contributed by atoms with Crippen molar-refractivity contribution < 1.29 is 17.9 Å². The third kappa shape index (κ3) is 2.86. The minimum absolute atomic E-state index is 0.106. The quantitative estimate of drug-likeness (QED) is 0.705. The van der Waals surface area contributed by atoms with Crippen molar-refractivity contribution in [3.05, 3.63) is 18.2 Å². The molecule has 1 aromatic carbocycles. The number of anilines is 1. The summed E-state index contributed by atoms with van der Waals surface area (Å²) in [6, 6.07) is 3.97. The van der Waals surface area contributed by atoms with Gasteiger partial charge >= 0.3 is 0 Å². The molecule has 1 aromatic rings. The predicted octanol–water partition coefficient (Wildman–Crippen LogP) is -0.228. The van der Waals surface area contributed by atoms with Crippen molar-refractivity contribution in [2.24, 2.45) is 10.9 Å². The predicted molar refractivity (Wildman–Crippen MR) is 69.1 cm³/mol. The summed E-state index contributed by atoms with van der Waals surface area (Å²) in [5, 5.41) is 7.61. The molecule has 1 aliphatic rings. The number of benzene rings is 1. The molecule has 19 heavy (non-hydrogen) atoms. The molecule has 0 atom stereocenters. The lowest BCUT2D eigenvalue weighted by Crippen LogP contribution is -2.37. The fraction of sp³-hybridized carbons (Fsp3) is 0.364. The lowest BCUT2D eigenvalue weighted by atomic mass is 10.2. The molecule has 1 saturated carbocycles. The van der Waals surface area contributed by atoms with E-state index in [-0.39, 0.29) is 16.5 Å². The van der Waals surface area contributed by atoms with Gasteiger partial charge < -0.3 is 15.8 Å². The summed E-state index contributed by atoms with van der Waals surface area (Å²) in [5.74, 6) is -0.0256. The van der Waals surface area contributed by atoms with Crippen LogP contribution < -0.4 is 20.9 Å². The summed E-state index contributed by atoms with van der Waals surface area (Å²) in [7, 11) is -2.43. The van der Waals surface area contributed by atoms with Crippen LogP contribution >= 0.6 is 0 Å². The van der Waals surface area contributed by atoms with Gasteiger partial charge in [0, 0.05) is 0 Å². The fourth-order valence-corrected chi connectivity index (χ4v) is 2.11. The Balaban J connectivity index is 2.34. The van der Waals surface area contributed by atoms with Gasteiger partial charge in [0.2, 0.25) is 15.9 Å². The third-order valence-corrected chi connectivity index (χ3v) is 3.90. The van der Waals surface area contributed by atoms with Crippen LogP contribution in [0.25, 0.3) is 0 Å². The van der Waals surface area contributed by atoms with Crippen LogP contribution in [-0.4, -0.2) is 27.0 Å². The minimum atomic E-state index is -3.84. The molecule has 104 valence electrons. The highest BCUT2D eigenvalue weighted by Gasteiger charge is 2.46. The van der Waals surface area contributed by atoms with Gasteiger partial charge in [0.05, 0.1) is 23.2 Å². The molecule has 1 fully saturated rings. The van der Waals surface area contributed by atoms with E-state index in [1.165, 1.54) is 25.3 Å². The van der Waals surface area contributed by atoms with E-state index >= 15 is 0 Å². The van der Waals surface area contributed by atoms with Crippen molar-refractivity contribution in [1.29, 1.82) is 0 Å². The van der Waals surface area contributed by atoms with Crippen molar-refractivity contribution in [2.45, 2.75) is 23.3 Å². The summed E-state index contributed by atoms with van der Waals surface area (Å²) in [6.07, 6.45) is 1.21. The second-order valence-corrected chi connectivity index (χ2v) is 6.08. The maximum Gasteiger partial charge on any atom is 0.244 e. The zero-order chi connectivity index (χ0) is 14.3. The molecule has 2 rings (SSSR count). The topological polar surface area (TPSA) is 125 Å². The zero-order valence-corrected chi connectivity index (χ0v) is 11.2. The van der Waals surface area contributed by atoms with Crippen LogP contribution in [0.5, 0.6) is 5.75 Å². The van der Waals surface area contributed by atoms with E-state index in [2.05, 4.69) is 5.32 Å². The number of carbonyl (C=O) groups excluding carboxylic acids is 1. The first-order chi connectivity index (χ1) is 8.76. The third-order valence-electron chi connectivity index (χ3n) is 2.99. The molecule has 5 N–H and O–H groups in total. The largest absolute Gasteiger partial charge is 0.495 e. The van der Waals surface area contributed by atoms with Gasteiger partial charge in [-0.1, -0.05) is 0 Å². The van der Waals surface area contributed by atoms with Gasteiger partial charge in [-0.05, 0) is 31.0 Å². The van der Waals surface area contributed by atoms with Gasteiger partial charge in [0.1, 0.15) is 5.75 Å². The van der Waals surface area contributed by atoms with Crippen molar-refractivity contribution in [2.75, 3.05) is 12.4 Å². The maximum atomic E-state index is 11.9. The van der Waals surface area contributed by atoms with Crippen LogP contribution in [0, 0.1) is 0 Å². The molecule has 1 amide bonds. The summed E-state index contributed by atoms with van der Waals surface area (Å²) < 4.78 is 27.6. The highest BCUT2D eigenvalue weighted by molar-refractivity contribution is 7.89. The van der Waals surface area contributed by atoms with Crippen molar-refractivity contribution in [3.8, 4) is 5.75 Å². The highest BCUT2D eigenvalue weighted by atomic mass is 32.2. The molecule has 0 spiro atoms. The lowest BCUT2D eigenvalue weighted by molar-refractivity contribution is -0.118. The van der Waals surface area contributed by atoms with E-state index in [1.807, 2.05) is 0 Å². The Morgan fingerprint density at radius 3 is 2.53 bits per heavy atom. The summed E-state index contributed by atoms with van der Waals surface area (Å²) in [4.78, 5) is 11.7. The molecular weight excluding hydrogens is 270 g/mol. The Labute approximate surface area is 111 Å². The summed E-state index contributed by atoms with van der Waals surface area (Å²) >= 11 is 0. The summed E-state index contributed by atoms with van der Waals surface area (Å²) in [6.45, 7) is 0. The SMILES string of the molecule is COc1ccc(S(N)(=O)=O)cc1NC(=O)C1(N)CC1. The van der Waals surface area contributed by atoms with Gasteiger partial charge in [-0.25, -0.2) is 13.6 Å². The van der Waals surface area contributed by atoms with Gasteiger partial charge in [-0.2, -0.15) is 0 Å². The van der Waals surface area contributed by atoms with E-state index in [4.69, 9.17) is 15.6 Å².